The zero-order valence-electron chi connectivity index (χ0n) is 6.95. The minimum absolute atomic E-state index is 0.269. The van der Waals surface area contributed by atoms with Crippen LogP contribution in [0.2, 0.25) is 0 Å². The van der Waals surface area contributed by atoms with Crippen molar-refractivity contribution in [3.8, 4) is 0 Å². The topological polar surface area (TPSA) is 55.8 Å². The van der Waals surface area contributed by atoms with Crippen LogP contribution in [0.1, 0.15) is 6.92 Å². The van der Waals surface area contributed by atoms with E-state index in [4.69, 9.17) is 4.74 Å². The van der Waals surface area contributed by atoms with Gasteiger partial charge in [-0.25, -0.2) is 4.79 Å². The van der Waals surface area contributed by atoms with Gasteiger partial charge in [-0.1, -0.05) is 0 Å². The van der Waals surface area contributed by atoms with Gasteiger partial charge in [0.05, 0.1) is 19.8 Å². The summed E-state index contributed by atoms with van der Waals surface area (Å²) < 4.78 is 9.59. The average Bonchev–Trinajstić information content (AvgIpc) is 2.37. The molecule has 0 radical (unpaired) electrons. The van der Waals surface area contributed by atoms with E-state index in [0.717, 1.165) is 0 Å². The first-order valence-corrected chi connectivity index (χ1v) is 3.87. The number of rotatable bonds is 2. The van der Waals surface area contributed by atoms with Crippen molar-refractivity contribution in [2.45, 2.75) is 13.0 Å². The van der Waals surface area contributed by atoms with Gasteiger partial charge in [-0.2, -0.15) is 0 Å². The maximum absolute atomic E-state index is 10.9. The Hall–Kier alpha value is -0.870. The van der Waals surface area contributed by atoms with Gasteiger partial charge in [0.1, 0.15) is 6.10 Å². The number of aliphatic hydroxyl groups excluding tert-OH is 1. The van der Waals surface area contributed by atoms with E-state index >= 15 is 0 Å². The zero-order chi connectivity index (χ0) is 8.97. The number of carbonyl (C=O) groups excluding carboxylic acids is 1. The Balaban J connectivity index is 2.49. The van der Waals surface area contributed by atoms with Gasteiger partial charge in [-0.15, -0.1) is 0 Å². The quantitative estimate of drug-likeness (QED) is 0.465. The number of esters is 1. The van der Waals surface area contributed by atoms with Gasteiger partial charge in [0.15, 0.2) is 0 Å². The first kappa shape index (κ1) is 9.22. The highest BCUT2D eigenvalue weighted by Gasteiger charge is 2.19. The summed E-state index contributed by atoms with van der Waals surface area (Å²) in [5, 5.41) is 9.20. The lowest BCUT2D eigenvalue weighted by Gasteiger charge is -2.00. The van der Waals surface area contributed by atoms with Crippen molar-refractivity contribution in [3.63, 3.8) is 0 Å². The van der Waals surface area contributed by atoms with Crippen molar-refractivity contribution in [2.75, 3.05) is 19.8 Å². The van der Waals surface area contributed by atoms with Gasteiger partial charge in [0.25, 0.3) is 0 Å². The molecule has 1 fully saturated rings. The largest absolute Gasteiger partial charge is 0.463 e. The Morgan fingerprint density at radius 1 is 1.92 bits per heavy atom. The molecule has 0 amide bonds. The summed E-state index contributed by atoms with van der Waals surface area (Å²) >= 11 is 0. The van der Waals surface area contributed by atoms with Crippen LogP contribution in [0, 0.1) is 0 Å². The summed E-state index contributed by atoms with van der Waals surface area (Å²) in [4.78, 5) is 10.9. The molecule has 1 N–H and O–H groups in total. The fourth-order valence-electron chi connectivity index (χ4n) is 0.965. The minimum atomic E-state index is -0.644. The molecule has 0 aromatic carbocycles. The molecule has 1 saturated heterocycles. The molecule has 1 aliphatic heterocycles. The number of ether oxygens (including phenoxy) is 2. The monoisotopic (exact) mass is 172 g/mol. The second-order valence-electron chi connectivity index (χ2n) is 2.50. The van der Waals surface area contributed by atoms with Crippen LogP contribution < -0.4 is 0 Å². The zero-order valence-corrected chi connectivity index (χ0v) is 6.95. The molecule has 1 rings (SSSR count). The van der Waals surface area contributed by atoms with Gasteiger partial charge in [0, 0.05) is 6.08 Å². The maximum atomic E-state index is 10.9. The summed E-state index contributed by atoms with van der Waals surface area (Å²) in [6.07, 6.45) is 0.649. The van der Waals surface area contributed by atoms with Crippen LogP contribution in [0.15, 0.2) is 11.6 Å². The third kappa shape index (κ3) is 2.32. The second kappa shape index (κ2) is 4.23. The second-order valence-corrected chi connectivity index (χ2v) is 2.50. The molecule has 1 heterocycles. The van der Waals surface area contributed by atoms with Crippen LogP contribution in [0.3, 0.4) is 0 Å². The van der Waals surface area contributed by atoms with Gasteiger partial charge >= 0.3 is 5.97 Å². The van der Waals surface area contributed by atoms with Crippen molar-refractivity contribution in [1.82, 2.24) is 0 Å². The molecule has 4 heteroatoms. The Morgan fingerprint density at radius 2 is 2.67 bits per heavy atom. The van der Waals surface area contributed by atoms with Crippen LogP contribution in [-0.4, -0.2) is 37.0 Å². The van der Waals surface area contributed by atoms with E-state index in [1.54, 1.807) is 6.92 Å². The number of carbonyl (C=O) groups is 1. The Bertz CT molecular complexity index is 197. The highest BCUT2D eigenvalue weighted by atomic mass is 16.5. The molecule has 0 bridgehead atoms. The van der Waals surface area contributed by atoms with Crippen LogP contribution in [0.4, 0.5) is 0 Å². The average molecular weight is 172 g/mol. The molecule has 12 heavy (non-hydrogen) atoms. The van der Waals surface area contributed by atoms with E-state index in [0.29, 0.717) is 18.8 Å². The SMILES string of the molecule is CCOC(=O)/C=C1/COCC1O. The molecule has 4 nitrogen and oxygen atoms in total. The highest BCUT2D eigenvalue weighted by Crippen LogP contribution is 2.11. The third-order valence-corrected chi connectivity index (χ3v) is 1.56. The van der Waals surface area contributed by atoms with Gasteiger partial charge in [0.2, 0.25) is 0 Å². The van der Waals surface area contributed by atoms with Crippen molar-refractivity contribution in [3.05, 3.63) is 11.6 Å². The summed E-state index contributed by atoms with van der Waals surface area (Å²) in [5.74, 6) is -0.419. The van der Waals surface area contributed by atoms with E-state index < -0.39 is 12.1 Å². The van der Waals surface area contributed by atoms with E-state index in [1.165, 1.54) is 6.08 Å². The molecule has 0 aliphatic carbocycles. The first-order valence-electron chi connectivity index (χ1n) is 3.87. The van der Waals surface area contributed by atoms with Crippen molar-refractivity contribution in [2.24, 2.45) is 0 Å². The molecular formula is C8H12O4. The lowest BCUT2D eigenvalue weighted by atomic mass is 10.2. The molecule has 68 valence electrons. The summed E-state index contributed by atoms with van der Waals surface area (Å²) in [6.45, 7) is 2.67. The van der Waals surface area contributed by atoms with E-state index in [1.807, 2.05) is 0 Å². The number of hydrogen-bond donors (Lipinski definition) is 1. The standard InChI is InChI=1S/C8H12O4/c1-2-12-8(10)3-6-4-11-5-7(6)9/h3,7,9H,2,4-5H2,1H3/b6-3-. The molecule has 0 saturated carbocycles. The summed E-state index contributed by atoms with van der Waals surface area (Å²) in [5.41, 5.74) is 0.591. The molecular weight excluding hydrogens is 160 g/mol. The van der Waals surface area contributed by atoms with Crippen LogP contribution in [-0.2, 0) is 14.3 Å². The molecule has 0 aromatic heterocycles. The molecule has 1 atom stereocenters. The lowest BCUT2D eigenvalue weighted by Crippen LogP contribution is -2.10. The normalized spacial score (nSPS) is 26.2. The fourth-order valence-corrected chi connectivity index (χ4v) is 0.965. The van der Waals surface area contributed by atoms with Gasteiger partial charge < -0.3 is 14.6 Å². The third-order valence-electron chi connectivity index (χ3n) is 1.56. The van der Waals surface area contributed by atoms with Crippen LogP contribution in [0.25, 0.3) is 0 Å². The maximum Gasteiger partial charge on any atom is 0.330 e. The minimum Gasteiger partial charge on any atom is -0.463 e. The Labute approximate surface area is 70.8 Å². The molecule has 0 spiro atoms. The smallest absolute Gasteiger partial charge is 0.330 e. The van der Waals surface area contributed by atoms with E-state index in [9.17, 15) is 9.90 Å². The van der Waals surface area contributed by atoms with E-state index in [-0.39, 0.29) is 6.61 Å². The van der Waals surface area contributed by atoms with E-state index in [2.05, 4.69) is 4.74 Å². The summed E-state index contributed by atoms with van der Waals surface area (Å²) in [6, 6.07) is 0. The number of hydrogen-bond acceptors (Lipinski definition) is 4. The van der Waals surface area contributed by atoms with Crippen LogP contribution >= 0.6 is 0 Å². The van der Waals surface area contributed by atoms with Gasteiger partial charge in [-0.05, 0) is 12.5 Å². The summed E-state index contributed by atoms with van der Waals surface area (Å²) in [7, 11) is 0. The van der Waals surface area contributed by atoms with Crippen molar-refractivity contribution in [1.29, 1.82) is 0 Å². The molecule has 1 aliphatic rings. The lowest BCUT2D eigenvalue weighted by molar-refractivity contribution is -0.137. The first-order chi connectivity index (χ1) is 5.74. The van der Waals surface area contributed by atoms with Crippen molar-refractivity contribution < 1.29 is 19.4 Å². The Kier molecular flexibility index (Phi) is 3.25. The van der Waals surface area contributed by atoms with Crippen molar-refractivity contribution >= 4 is 5.97 Å². The van der Waals surface area contributed by atoms with Gasteiger partial charge in [-0.3, -0.25) is 0 Å². The predicted molar refractivity (Wildman–Crippen MR) is 41.5 cm³/mol. The number of aliphatic hydroxyl groups is 1. The van der Waals surface area contributed by atoms with Crippen LogP contribution in [0.5, 0.6) is 0 Å². The fraction of sp³-hybridized carbons (Fsp3) is 0.625. The molecule has 1 unspecified atom stereocenters. The predicted octanol–water partition coefficient (Wildman–Crippen LogP) is -0.133. The molecule has 0 aromatic rings. The Morgan fingerprint density at radius 3 is 3.17 bits per heavy atom. The highest BCUT2D eigenvalue weighted by molar-refractivity contribution is 5.83.